The van der Waals surface area contributed by atoms with Crippen LogP contribution in [0.4, 0.5) is 0 Å². The van der Waals surface area contributed by atoms with E-state index in [-0.39, 0.29) is 0 Å². The van der Waals surface area contributed by atoms with E-state index in [9.17, 15) is 0 Å². The van der Waals surface area contributed by atoms with E-state index in [2.05, 4.69) is 73.8 Å². The smallest absolute Gasteiger partial charge is 0.0292 e. The Hall–Kier alpha value is -1.60. The molecule has 1 aliphatic rings. The van der Waals surface area contributed by atoms with E-state index >= 15 is 0 Å². The van der Waals surface area contributed by atoms with E-state index in [1.54, 1.807) is 0 Å². The van der Waals surface area contributed by atoms with Crippen LogP contribution in [0.3, 0.4) is 0 Å². The Morgan fingerprint density at radius 3 is 2.14 bits per heavy atom. The van der Waals surface area contributed by atoms with E-state index < -0.39 is 0 Å². The third kappa shape index (κ3) is 3.36. The lowest BCUT2D eigenvalue weighted by molar-refractivity contribution is 0.415. The number of hydrogen-bond donors (Lipinski definition) is 1. The molecule has 2 aromatic rings. The van der Waals surface area contributed by atoms with E-state index in [1.807, 2.05) is 0 Å². The Balaban J connectivity index is 1.63. The van der Waals surface area contributed by atoms with Crippen molar-refractivity contribution in [3.8, 4) is 11.1 Å². The van der Waals surface area contributed by atoms with Gasteiger partial charge in [-0.25, -0.2) is 0 Å². The van der Waals surface area contributed by atoms with Crippen LogP contribution in [0.2, 0.25) is 0 Å². The van der Waals surface area contributed by atoms with Crippen molar-refractivity contribution in [3.05, 3.63) is 60.2 Å². The van der Waals surface area contributed by atoms with Gasteiger partial charge in [0.15, 0.2) is 0 Å². The van der Waals surface area contributed by atoms with Crippen LogP contribution < -0.4 is 5.32 Å². The lowest BCUT2D eigenvalue weighted by Gasteiger charge is -2.19. The minimum Gasteiger partial charge on any atom is -0.310 e. The molecule has 0 radical (unpaired) electrons. The first kappa shape index (κ1) is 14.3. The van der Waals surface area contributed by atoms with Gasteiger partial charge in [0.1, 0.15) is 0 Å². The Labute approximate surface area is 128 Å². The Morgan fingerprint density at radius 1 is 0.952 bits per heavy atom. The molecule has 1 unspecified atom stereocenters. The van der Waals surface area contributed by atoms with E-state index in [0.717, 1.165) is 6.54 Å². The fourth-order valence-electron chi connectivity index (χ4n) is 2.91. The number of benzene rings is 2. The highest BCUT2D eigenvalue weighted by molar-refractivity contribution is 5.63. The summed E-state index contributed by atoms with van der Waals surface area (Å²) in [6.45, 7) is 5.74. The fourth-order valence-corrected chi connectivity index (χ4v) is 2.91. The molecular formula is C20H25N. The first-order valence-electron chi connectivity index (χ1n) is 8.11. The molecule has 1 aliphatic carbocycles. The van der Waals surface area contributed by atoms with Crippen LogP contribution in [0.25, 0.3) is 11.1 Å². The summed E-state index contributed by atoms with van der Waals surface area (Å²) >= 11 is 0. The van der Waals surface area contributed by atoms with Gasteiger partial charge in [-0.15, -0.1) is 0 Å². The van der Waals surface area contributed by atoms with Crippen LogP contribution in [-0.2, 0) is 0 Å². The third-order valence-electron chi connectivity index (χ3n) is 5.01. The SMILES string of the molecule is CCC1(CNC(C)c2ccc(-c3ccccc3)cc2)CC1. The van der Waals surface area contributed by atoms with Gasteiger partial charge in [0.25, 0.3) is 0 Å². The predicted molar refractivity (Wildman–Crippen MR) is 90.3 cm³/mol. The average molecular weight is 279 g/mol. The second kappa shape index (κ2) is 6.03. The maximum atomic E-state index is 3.71. The summed E-state index contributed by atoms with van der Waals surface area (Å²) in [5.41, 5.74) is 4.56. The van der Waals surface area contributed by atoms with Crippen molar-refractivity contribution in [2.75, 3.05) is 6.54 Å². The van der Waals surface area contributed by atoms with Gasteiger partial charge < -0.3 is 5.32 Å². The standard InChI is InChI=1S/C20H25N/c1-3-20(13-14-20)15-21-16(2)17-9-11-19(12-10-17)18-7-5-4-6-8-18/h4-12,16,21H,3,13-15H2,1-2H3. The molecule has 1 saturated carbocycles. The van der Waals surface area contributed by atoms with E-state index in [1.165, 1.54) is 36.0 Å². The van der Waals surface area contributed by atoms with Crippen molar-refractivity contribution >= 4 is 0 Å². The minimum atomic E-state index is 0.429. The first-order valence-corrected chi connectivity index (χ1v) is 8.11. The van der Waals surface area contributed by atoms with Crippen molar-refractivity contribution in [1.29, 1.82) is 0 Å². The zero-order valence-corrected chi connectivity index (χ0v) is 13.1. The molecule has 21 heavy (non-hydrogen) atoms. The summed E-state index contributed by atoms with van der Waals surface area (Å²) in [6.07, 6.45) is 4.10. The van der Waals surface area contributed by atoms with Crippen LogP contribution in [0.1, 0.15) is 44.7 Å². The molecule has 0 heterocycles. The molecule has 0 aromatic heterocycles. The normalized spacial score (nSPS) is 17.4. The summed E-state index contributed by atoms with van der Waals surface area (Å²) < 4.78 is 0. The van der Waals surface area contributed by atoms with Crippen LogP contribution in [0, 0.1) is 5.41 Å². The molecule has 0 aliphatic heterocycles. The maximum Gasteiger partial charge on any atom is 0.0292 e. The highest BCUT2D eigenvalue weighted by atomic mass is 14.9. The topological polar surface area (TPSA) is 12.0 Å². The summed E-state index contributed by atoms with van der Waals surface area (Å²) in [4.78, 5) is 0. The molecule has 110 valence electrons. The molecular weight excluding hydrogens is 254 g/mol. The molecule has 0 saturated heterocycles. The fraction of sp³-hybridized carbons (Fsp3) is 0.400. The second-order valence-corrected chi connectivity index (χ2v) is 6.44. The highest BCUT2D eigenvalue weighted by Crippen LogP contribution is 2.48. The van der Waals surface area contributed by atoms with Gasteiger partial charge in [0.05, 0.1) is 0 Å². The summed E-state index contributed by atoms with van der Waals surface area (Å²) in [7, 11) is 0. The molecule has 0 amide bonds. The van der Waals surface area contributed by atoms with Crippen molar-refractivity contribution in [1.82, 2.24) is 5.32 Å². The van der Waals surface area contributed by atoms with Gasteiger partial charge >= 0.3 is 0 Å². The summed E-state index contributed by atoms with van der Waals surface area (Å²) in [6, 6.07) is 20.0. The van der Waals surface area contributed by atoms with Crippen molar-refractivity contribution in [2.24, 2.45) is 5.41 Å². The zero-order chi connectivity index (χ0) is 14.7. The van der Waals surface area contributed by atoms with E-state index in [0.29, 0.717) is 11.5 Å². The first-order chi connectivity index (χ1) is 10.2. The Morgan fingerprint density at radius 2 is 1.57 bits per heavy atom. The van der Waals surface area contributed by atoms with Crippen LogP contribution in [0.5, 0.6) is 0 Å². The lowest BCUT2D eigenvalue weighted by atomic mass is 10.00. The van der Waals surface area contributed by atoms with Gasteiger partial charge in [-0.05, 0) is 48.3 Å². The Bertz CT molecular complexity index is 567. The molecule has 1 heteroatoms. The number of hydrogen-bond acceptors (Lipinski definition) is 1. The lowest BCUT2D eigenvalue weighted by Crippen LogP contribution is -2.26. The van der Waals surface area contributed by atoms with Gasteiger partial charge in [-0.1, -0.05) is 61.5 Å². The van der Waals surface area contributed by atoms with Crippen molar-refractivity contribution < 1.29 is 0 Å². The number of nitrogens with one attached hydrogen (secondary N) is 1. The van der Waals surface area contributed by atoms with Gasteiger partial charge in [0, 0.05) is 12.6 Å². The zero-order valence-electron chi connectivity index (χ0n) is 13.1. The van der Waals surface area contributed by atoms with Crippen molar-refractivity contribution in [2.45, 2.75) is 39.2 Å². The maximum absolute atomic E-state index is 3.71. The van der Waals surface area contributed by atoms with Gasteiger partial charge in [-0.2, -0.15) is 0 Å². The molecule has 1 nitrogen and oxygen atoms in total. The molecule has 0 spiro atoms. The quantitative estimate of drug-likeness (QED) is 0.767. The molecule has 0 bridgehead atoms. The Kier molecular flexibility index (Phi) is 4.12. The second-order valence-electron chi connectivity index (χ2n) is 6.44. The summed E-state index contributed by atoms with van der Waals surface area (Å²) in [5.74, 6) is 0. The van der Waals surface area contributed by atoms with Crippen LogP contribution >= 0.6 is 0 Å². The highest BCUT2D eigenvalue weighted by Gasteiger charge is 2.40. The van der Waals surface area contributed by atoms with Gasteiger partial charge in [-0.3, -0.25) is 0 Å². The van der Waals surface area contributed by atoms with Crippen LogP contribution in [0.15, 0.2) is 54.6 Å². The third-order valence-corrected chi connectivity index (χ3v) is 5.01. The monoisotopic (exact) mass is 279 g/mol. The van der Waals surface area contributed by atoms with Crippen molar-refractivity contribution in [3.63, 3.8) is 0 Å². The van der Waals surface area contributed by atoms with Gasteiger partial charge in [0.2, 0.25) is 0 Å². The molecule has 1 N–H and O–H groups in total. The average Bonchev–Trinajstić information content (AvgIpc) is 3.34. The molecule has 3 rings (SSSR count). The van der Waals surface area contributed by atoms with E-state index in [4.69, 9.17) is 0 Å². The van der Waals surface area contributed by atoms with Crippen LogP contribution in [-0.4, -0.2) is 6.54 Å². The minimum absolute atomic E-state index is 0.429. The molecule has 2 aromatic carbocycles. The largest absolute Gasteiger partial charge is 0.310 e. The molecule has 1 fully saturated rings. The summed E-state index contributed by atoms with van der Waals surface area (Å²) in [5, 5.41) is 3.71. The molecule has 1 atom stereocenters. The number of rotatable bonds is 6. The predicted octanol–water partition coefficient (Wildman–Crippen LogP) is 5.19.